The molecule has 0 N–H and O–H groups in total. The van der Waals surface area contributed by atoms with Crippen LogP contribution in [0.1, 0.15) is 49.0 Å². The smallest absolute Gasteiger partial charge is 0.295 e. The molecular formula is C18H21NO4S. The number of carbonyl (C=O) groups is 2. The fourth-order valence-corrected chi connectivity index (χ4v) is 6.71. The van der Waals surface area contributed by atoms with Gasteiger partial charge in [-0.1, -0.05) is 6.07 Å². The SMILES string of the molecule is O=C(CS(=O)(=O)C(=O)c1ccccn1)C12CC3CC(CC(C3)C1)C2. The zero-order valence-corrected chi connectivity index (χ0v) is 14.3. The molecule has 0 saturated heterocycles. The summed E-state index contributed by atoms with van der Waals surface area (Å²) in [6.07, 6.45) is 7.37. The summed E-state index contributed by atoms with van der Waals surface area (Å²) >= 11 is 0. The van der Waals surface area contributed by atoms with E-state index in [0.29, 0.717) is 17.8 Å². The Hall–Kier alpha value is -1.56. The Balaban J connectivity index is 1.54. The van der Waals surface area contributed by atoms with Crippen molar-refractivity contribution >= 4 is 20.7 Å². The number of nitrogens with zero attached hydrogens (tertiary/aromatic N) is 1. The molecule has 1 aromatic heterocycles. The number of hydrogen-bond acceptors (Lipinski definition) is 5. The van der Waals surface area contributed by atoms with Crippen LogP contribution >= 0.6 is 0 Å². The highest BCUT2D eigenvalue weighted by molar-refractivity contribution is 8.07. The van der Waals surface area contributed by atoms with Gasteiger partial charge in [-0.05, 0) is 68.4 Å². The maximum absolute atomic E-state index is 12.9. The molecule has 128 valence electrons. The monoisotopic (exact) mass is 347 g/mol. The lowest BCUT2D eigenvalue weighted by atomic mass is 9.48. The van der Waals surface area contributed by atoms with Gasteiger partial charge in [0, 0.05) is 11.6 Å². The summed E-state index contributed by atoms with van der Waals surface area (Å²) in [5, 5.41) is -1.04. The van der Waals surface area contributed by atoms with Gasteiger partial charge >= 0.3 is 0 Å². The highest BCUT2D eigenvalue weighted by Crippen LogP contribution is 2.60. The van der Waals surface area contributed by atoms with Gasteiger partial charge in [0.15, 0.2) is 5.78 Å². The van der Waals surface area contributed by atoms with Crippen LogP contribution in [-0.4, -0.2) is 30.1 Å². The van der Waals surface area contributed by atoms with Gasteiger partial charge in [0.1, 0.15) is 11.4 Å². The van der Waals surface area contributed by atoms with Crippen molar-refractivity contribution in [2.45, 2.75) is 38.5 Å². The summed E-state index contributed by atoms with van der Waals surface area (Å²) in [5.41, 5.74) is -0.609. The first-order chi connectivity index (χ1) is 11.4. The van der Waals surface area contributed by atoms with E-state index in [2.05, 4.69) is 4.98 Å². The Morgan fingerprint density at radius 2 is 1.62 bits per heavy atom. The van der Waals surface area contributed by atoms with Crippen molar-refractivity contribution in [2.75, 3.05) is 5.75 Å². The van der Waals surface area contributed by atoms with E-state index in [1.54, 1.807) is 12.1 Å². The molecular weight excluding hydrogens is 326 g/mol. The molecule has 0 aromatic carbocycles. The largest absolute Gasteiger partial charge is 0.298 e. The van der Waals surface area contributed by atoms with Gasteiger partial charge in [-0.15, -0.1) is 0 Å². The standard InChI is InChI=1S/C18H21NO4S/c20-16(11-24(22,23)17(21)15-3-1-2-4-19-15)18-8-12-5-13(9-18)7-14(6-12)10-18/h1-4,12-14H,5-11H2. The van der Waals surface area contributed by atoms with Gasteiger partial charge < -0.3 is 0 Å². The summed E-state index contributed by atoms with van der Waals surface area (Å²) in [6, 6.07) is 4.55. The van der Waals surface area contributed by atoms with Gasteiger partial charge in [-0.25, -0.2) is 8.42 Å². The Morgan fingerprint density at radius 1 is 1.04 bits per heavy atom. The van der Waals surface area contributed by atoms with Crippen LogP contribution in [0.15, 0.2) is 24.4 Å². The number of Topliss-reactive ketones (excluding diaryl/α,β-unsaturated/α-hetero) is 1. The Kier molecular flexibility index (Phi) is 3.64. The summed E-state index contributed by atoms with van der Waals surface area (Å²) in [7, 11) is -4.16. The quantitative estimate of drug-likeness (QED) is 0.835. The van der Waals surface area contributed by atoms with Crippen molar-refractivity contribution < 1.29 is 18.0 Å². The molecule has 4 aliphatic carbocycles. The van der Waals surface area contributed by atoms with Gasteiger partial charge in [-0.2, -0.15) is 0 Å². The number of sulfone groups is 1. The molecule has 5 nitrogen and oxygen atoms in total. The van der Waals surface area contributed by atoms with E-state index in [0.717, 1.165) is 19.3 Å². The lowest BCUT2D eigenvalue weighted by Crippen LogP contribution is -2.51. The molecule has 24 heavy (non-hydrogen) atoms. The van der Waals surface area contributed by atoms with Crippen LogP contribution in [0.5, 0.6) is 0 Å². The van der Waals surface area contributed by atoms with E-state index >= 15 is 0 Å². The fourth-order valence-electron chi connectivity index (χ4n) is 5.49. The molecule has 0 spiro atoms. The summed E-state index contributed by atoms with van der Waals surface area (Å²) in [4.78, 5) is 28.9. The van der Waals surface area contributed by atoms with Crippen LogP contribution in [-0.2, 0) is 14.6 Å². The Labute approximate surface area is 141 Å². The molecule has 0 aliphatic heterocycles. The van der Waals surface area contributed by atoms with Crippen LogP contribution in [0, 0.1) is 23.2 Å². The summed E-state index contributed by atoms with van der Waals surface area (Å²) in [6.45, 7) is 0. The molecule has 4 bridgehead atoms. The van der Waals surface area contributed by atoms with Crippen LogP contribution in [0.3, 0.4) is 0 Å². The highest BCUT2D eigenvalue weighted by Gasteiger charge is 2.55. The van der Waals surface area contributed by atoms with Crippen molar-refractivity contribution in [3.8, 4) is 0 Å². The minimum Gasteiger partial charge on any atom is -0.298 e. The third-order valence-corrected chi connectivity index (χ3v) is 7.52. The zero-order chi connectivity index (χ0) is 16.9. The molecule has 0 amide bonds. The van der Waals surface area contributed by atoms with Crippen LogP contribution in [0.2, 0.25) is 0 Å². The van der Waals surface area contributed by atoms with Gasteiger partial charge in [-0.3, -0.25) is 14.6 Å². The molecule has 4 aliphatic rings. The average molecular weight is 347 g/mol. The molecule has 1 heterocycles. The van der Waals surface area contributed by atoms with E-state index in [1.165, 1.54) is 31.5 Å². The first kappa shape index (κ1) is 15.9. The average Bonchev–Trinajstić information content (AvgIpc) is 2.53. The normalized spacial score (nSPS) is 34.2. The van der Waals surface area contributed by atoms with E-state index in [1.807, 2.05) is 0 Å². The minimum absolute atomic E-state index is 0.115. The lowest BCUT2D eigenvalue weighted by Gasteiger charge is -2.55. The molecule has 0 atom stereocenters. The number of aromatic nitrogens is 1. The molecule has 4 saturated carbocycles. The predicted molar refractivity (Wildman–Crippen MR) is 88.0 cm³/mol. The lowest BCUT2D eigenvalue weighted by molar-refractivity contribution is -0.141. The molecule has 6 heteroatoms. The summed E-state index contributed by atoms with van der Waals surface area (Å²) in [5.74, 6) is 0.776. The minimum atomic E-state index is -4.16. The number of rotatable bonds is 4. The van der Waals surface area contributed by atoms with Crippen molar-refractivity contribution in [1.29, 1.82) is 0 Å². The van der Waals surface area contributed by atoms with Gasteiger partial charge in [0.2, 0.25) is 9.84 Å². The van der Waals surface area contributed by atoms with E-state index in [4.69, 9.17) is 0 Å². The zero-order valence-electron chi connectivity index (χ0n) is 13.5. The number of ketones is 1. The third kappa shape index (κ3) is 2.61. The van der Waals surface area contributed by atoms with Crippen molar-refractivity contribution in [2.24, 2.45) is 23.2 Å². The van der Waals surface area contributed by atoms with Crippen molar-refractivity contribution in [3.05, 3.63) is 30.1 Å². The second kappa shape index (κ2) is 5.48. The molecule has 4 fully saturated rings. The molecule has 1 aromatic rings. The van der Waals surface area contributed by atoms with Gasteiger partial charge in [0.05, 0.1) is 0 Å². The van der Waals surface area contributed by atoms with Crippen LogP contribution in [0.25, 0.3) is 0 Å². The number of hydrogen-bond donors (Lipinski definition) is 0. The van der Waals surface area contributed by atoms with Crippen LogP contribution in [0.4, 0.5) is 0 Å². The first-order valence-corrected chi connectivity index (χ1v) is 10.2. The number of carbonyl (C=O) groups excluding carboxylic acids is 2. The van der Waals surface area contributed by atoms with E-state index in [9.17, 15) is 18.0 Å². The Bertz CT molecular complexity index is 749. The topological polar surface area (TPSA) is 81.2 Å². The van der Waals surface area contributed by atoms with Gasteiger partial charge in [0.25, 0.3) is 5.12 Å². The maximum atomic E-state index is 12.9. The maximum Gasteiger partial charge on any atom is 0.295 e. The van der Waals surface area contributed by atoms with E-state index < -0.39 is 26.1 Å². The van der Waals surface area contributed by atoms with E-state index in [-0.39, 0.29) is 11.5 Å². The molecule has 5 rings (SSSR count). The van der Waals surface area contributed by atoms with Crippen molar-refractivity contribution in [3.63, 3.8) is 0 Å². The second-order valence-electron chi connectivity index (χ2n) is 7.88. The summed E-state index contributed by atoms with van der Waals surface area (Å²) < 4.78 is 24.8. The van der Waals surface area contributed by atoms with Crippen molar-refractivity contribution in [1.82, 2.24) is 4.98 Å². The molecule has 0 unspecified atom stereocenters. The predicted octanol–water partition coefficient (Wildman–Crippen LogP) is 2.42. The Morgan fingerprint density at radius 3 is 2.12 bits per heavy atom. The third-order valence-electron chi connectivity index (χ3n) is 6.11. The first-order valence-electron chi connectivity index (χ1n) is 8.59. The highest BCUT2D eigenvalue weighted by atomic mass is 32.2. The molecule has 0 radical (unpaired) electrons. The fraction of sp³-hybridized carbons (Fsp3) is 0.611. The van der Waals surface area contributed by atoms with Crippen LogP contribution < -0.4 is 0 Å². The second-order valence-corrected chi connectivity index (χ2v) is 9.77. The number of pyridine rings is 1.